The van der Waals surface area contributed by atoms with Crippen molar-refractivity contribution in [2.45, 2.75) is 12.1 Å². The van der Waals surface area contributed by atoms with E-state index in [0.29, 0.717) is 5.92 Å². The number of halogens is 3. The summed E-state index contributed by atoms with van der Waals surface area (Å²) < 4.78 is 31.7. The third kappa shape index (κ3) is 5.57. The van der Waals surface area contributed by atoms with Gasteiger partial charge in [0, 0.05) is 25.1 Å². The summed E-state index contributed by atoms with van der Waals surface area (Å²) in [7, 11) is 0. The summed E-state index contributed by atoms with van der Waals surface area (Å²) >= 11 is 0. The molecule has 0 amide bonds. The molecule has 0 atom stereocenters. The van der Waals surface area contributed by atoms with Crippen molar-refractivity contribution < 1.29 is 33.0 Å². The van der Waals surface area contributed by atoms with Crippen LogP contribution in [0.3, 0.4) is 0 Å². The highest BCUT2D eigenvalue weighted by atomic mass is 19.4. The average Bonchev–Trinajstić information content (AvgIpc) is 2.35. The summed E-state index contributed by atoms with van der Waals surface area (Å²) in [4.78, 5) is 19.3. The van der Waals surface area contributed by atoms with Crippen LogP contribution in [0.25, 0.3) is 6.08 Å². The van der Waals surface area contributed by atoms with Crippen molar-refractivity contribution in [2.24, 2.45) is 0 Å². The maximum Gasteiger partial charge on any atom is 0.490 e. The normalized spacial score (nSPS) is 14.9. The fourth-order valence-corrected chi connectivity index (χ4v) is 1.70. The van der Waals surface area contributed by atoms with Crippen molar-refractivity contribution in [2.75, 3.05) is 13.1 Å². The van der Waals surface area contributed by atoms with Gasteiger partial charge in [0.05, 0.1) is 0 Å². The number of alkyl halides is 3. The molecule has 1 aromatic rings. The van der Waals surface area contributed by atoms with Gasteiger partial charge in [0.1, 0.15) is 0 Å². The highest BCUT2D eigenvalue weighted by molar-refractivity contribution is 5.85. The Labute approximate surface area is 124 Å². The Balaban J connectivity index is 0.000000295. The minimum Gasteiger partial charge on any atom is -0.478 e. The molecule has 1 aliphatic rings. The van der Waals surface area contributed by atoms with Crippen LogP contribution in [0.2, 0.25) is 0 Å². The zero-order valence-electron chi connectivity index (χ0n) is 11.3. The number of nitrogens with one attached hydrogen (secondary N) is 1. The van der Waals surface area contributed by atoms with Crippen LogP contribution in [0.15, 0.2) is 30.3 Å². The number of aliphatic carboxylic acids is 2. The van der Waals surface area contributed by atoms with Gasteiger partial charge in [-0.3, -0.25) is 0 Å². The van der Waals surface area contributed by atoms with Crippen LogP contribution in [0.5, 0.6) is 0 Å². The molecule has 1 aliphatic heterocycles. The SMILES string of the molecule is O=C(O)C(F)(F)F.O=C(O)C=Cc1ccccc1C1CNC1. The zero-order chi connectivity index (χ0) is 16.8. The molecule has 0 spiro atoms. The van der Waals surface area contributed by atoms with E-state index in [9.17, 15) is 18.0 Å². The molecule has 120 valence electrons. The van der Waals surface area contributed by atoms with E-state index in [1.54, 1.807) is 6.08 Å². The molecule has 0 bridgehead atoms. The highest BCUT2D eigenvalue weighted by Crippen LogP contribution is 2.24. The Morgan fingerprint density at radius 1 is 1.18 bits per heavy atom. The second-order valence-electron chi connectivity index (χ2n) is 4.46. The molecule has 1 saturated heterocycles. The maximum absolute atomic E-state index is 10.6. The fraction of sp³-hybridized carbons (Fsp3) is 0.286. The molecule has 1 fully saturated rings. The summed E-state index contributed by atoms with van der Waals surface area (Å²) in [5.74, 6) is -3.14. The summed E-state index contributed by atoms with van der Waals surface area (Å²) in [5, 5.41) is 18.9. The lowest BCUT2D eigenvalue weighted by atomic mass is 9.90. The Hall–Kier alpha value is -2.35. The summed E-state index contributed by atoms with van der Waals surface area (Å²) in [6, 6.07) is 7.93. The van der Waals surface area contributed by atoms with Gasteiger partial charge in [-0.05, 0) is 17.2 Å². The fourth-order valence-electron chi connectivity index (χ4n) is 1.70. The Morgan fingerprint density at radius 2 is 1.73 bits per heavy atom. The average molecular weight is 317 g/mol. The van der Waals surface area contributed by atoms with Gasteiger partial charge in [0.2, 0.25) is 0 Å². The molecule has 1 aromatic carbocycles. The predicted octanol–water partition coefficient (Wildman–Crippen LogP) is 2.10. The lowest BCUT2D eigenvalue weighted by Crippen LogP contribution is -2.40. The molecule has 5 nitrogen and oxygen atoms in total. The summed E-state index contributed by atoms with van der Waals surface area (Å²) in [6.45, 7) is 1.97. The van der Waals surface area contributed by atoms with E-state index in [1.807, 2.05) is 18.2 Å². The Kier molecular flexibility index (Phi) is 6.11. The largest absolute Gasteiger partial charge is 0.490 e. The van der Waals surface area contributed by atoms with Crippen molar-refractivity contribution in [3.63, 3.8) is 0 Å². The van der Waals surface area contributed by atoms with E-state index < -0.39 is 18.1 Å². The lowest BCUT2D eigenvalue weighted by Gasteiger charge is -2.28. The minimum atomic E-state index is -5.08. The van der Waals surface area contributed by atoms with E-state index in [0.717, 1.165) is 18.7 Å². The molecule has 8 heteroatoms. The molecule has 0 saturated carbocycles. The quantitative estimate of drug-likeness (QED) is 0.743. The van der Waals surface area contributed by atoms with Gasteiger partial charge >= 0.3 is 18.1 Å². The molecule has 3 N–H and O–H groups in total. The van der Waals surface area contributed by atoms with Gasteiger partial charge in [-0.2, -0.15) is 13.2 Å². The van der Waals surface area contributed by atoms with E-state index in [1.165, 1.54) is 11.6 Å². The Morgan fingerprint density at radius 3 is 2.14 bits per heavy atom. The van der Waals surface area contributed by atoms with Crippen LogP contribution in [0.4, 0.5) is 13.2 Å². The molecular formula is C14H14F3NO4. The number of carbonyl (C=O) groups is 2. The van der Waals surface area contributed by atoms with Gasteiger partial charge in [0.25, 0.3) is 0 Å². The third-order valence-electron chi connectivity index (χ3n) is 2.87. The second-order valence-corrected chi connectivity index (χ2v) is 4.46. The van der Waals surface area contributed by atoms with Crippen LogP contribution in [-0.4, -0.2) is 41.4 Å². The molecule has 0 aliphatic carbocycles. The second kappa shape index (κ2) is 7.60. The molecule has 1 heterocycles. The van der Waals surface area contributed by atoms with Crippen molar-refractivity contribution in [3.05, 3.63) is 41.5 Å². The number of carboxylic acid groups (broad SMARTS) is 2. The maximum atomic E-state index is 10.6. The van der Waals surface area contributed by atoms with Gasteiger partial charge in [-0.1, -0.05) is 24.3 Å². The summed E-state index contributed by atoms with van der Waals surface area (Å²) in [5.41, 5.74) is 2.24. The van der Waals surface area contributed by atoms with Crippen LogP contribution in [-0.2, 0) is 9.59 Å². The zero-order valence-corrected chi connectivity index (χ0v) is 11.3. The van der Waals surface area contributed by atoms with Gasteiger partial charge < -0.3 is 15.5 Å². The van der Waals surface area contributed by atoms with Crippen LogP contribution in [0.1, 0.15) is 17.0 Å². The number of carboxylic acids is 2. The van der Waals surface area contributed by atoms with Crippen molar-refractivity contribution in [3.8, 4) is 0 Å². The first-order valence-corrected chi connectivity index (χ1v) is 6.22. The van der Waals surface area contributed by atoms with Crippen molar-refractivity contribution in [1.29, 1.82) is 0 Å². The van der Waals surface area contributed by atoms with Gasteiger partial charge in [-0.15, -0.1) is 0 Å². The number of hydrogen-bond acceptors (Lipinski definition) is 3. The monoisotopic (exact) mass is 317 g/mol. The van der Waals surface area contributed by atoms with E-state index in [2.05, 4.69) is 11.4 Å². The highest BCUT2D eigenvalue weighted by Gasteiger charge is 2.38. The standard InChI is InChI=1S/C12H13NO2.C2HF3O2/c14-12(15)6-5-9-3-1-2-4-11(9)10-7-13-8-10;3-2(4,5)1(6)7/h1-6,10,13H,7-8H2,(H,14,15);(H,6,7). The minimum absolute atomic E-state index is 0.527. The predicted molar refractivity (Wildman–Crippen MR) is 72.4 cm³/mol. The van der Waals surface area contributed by atoms with Crippen molar-refractivity contribution >= 4 is 18.0 Å². The third-order valence-corrected chi connectivity index (χ3v) is 2.87. The van der Waals surface area contributed by atoms with Gasteiger partial charge in [0.15, 0.2) is 0 Å². The van der Waals surface area contributed by atoms with Crippen LogP contribution < -0.4 is 5.32 Å². The molecule has 0 radical (unpaired) electrons. The topological polar surface area (TPSA) is 86.6 Å². The lowest BCUT2D eigenvalue weighted by molar-refractivity contribution is -0.192. The molecule has 22 heavy (non-hydrogen) atoms. The van der Waals surface area contributed by atoms with E-state index in [4.69, 9.17) is 15.0 Å². The summed E-state index contributed by atoms with van der Waals surface area (Å²) in [6.07, 6.45) is -2.24. The molecule has 0 unspecified atom stereocenters. The molecule has 0 aromatic heterocycles. The first-order chi connectivity index (χ1) is 10.2. The molecular weight excluding hydrogens is 303 g/mol. The molecule has 2 rings (SSSR count). The van der Waals surface area contributed by atoms with E-state index >= 15 is 0 Å². The van der Waals surface area contributed by atoms with Crippen molar-refractivity contribution in [1.82, 2.24) is 5.32 Å². The first kappa shape index (κ1) is 17.7. The van der Waals surface area contributed by atoms with Gasteiger partial charge in [-0.25, -0.2) is 9.59 Å². The first-order valence-electron chi connectivity index (χ1n) is 6.22. The smallest absolute Gasteiger partial charge is 0.478 e. The van der Waals surface area contributed by atoms with E-state index in [-0.39, 0.29) is 0 Å². The number of hydrogen-bond donors (Lipinski definition) is 3. The number of rotatable bonds is 3. The number of benzene rings is 1. The van der Waals surface area contributed by atoms with Crippen LogP contribution >= 0.6 is 0 Å². The Bertz CT molecular complexity index is 565. The van der Waals surface area contributed by atoms with Crippen LogP contribution in [0, 0.1) is 0 Å².